The van der Waals surface area contributed by atoms with Crippen LogP contribution >= 0.6 is 0 Å². The molecule has 1 N–H and O–H groups in total. The third kappa shape index (κ3) is 3.91. The number of ether oxygens (including phenoxy) is 2. The Labute approximate surface area is 120 Å². The molecule has 2 rings (SSSR count). The molecule has 0 saturated carbocycles. The molecule has 1 unspecified atom stereocenters. The van der Waals surface area contributed by atoms with Crippen LogP contribution in [0.1, 0.15) is 19.8 Å². The van der Waals surface area contributed by atoms with E-state index in [9.17, 15) is 9.90 Å². The van der Waals surface area contributed by atoms with Gasteiger partial charge >= 0.3 is 0 Å². The zero-order chi connectivity index (χ0) is 14.6. The molecule has 2 aliphatic rings. The minimum absolute atomic E-state index is 0.117. The summed E-state index contributed by atoms with van der Waals surface area (Å²) in [7, 11) is 1.90. The van der Waals surface area contributed by atoms with E-state index in [0.29, 0.717) is 58.9 Å². The van der Waals surface area contributed by atoms with Crippen molar-refractivity contribution in [1.29, 1.82) is 0 Å². The first-order chi connectivity index (χ1) is 9.52. The minimum Gasteiger partial charge on any atom is -0.388 e. The van der Waals surface area contributed by atoms with Gasteiger partial charge in [0.25, 0.3) is 0 Å². The Balaban J connectivity index is 1.86. The second-order valence-electron chi connectivity index (χ2n) is 5.87. The van der Waals surface area contributed by atoms with Gasteiger partial charge in [0.05, 0.1) is 24.9 Å². The number of carbonyl (C=O) groups is 1. The van der Waals surface area contributed by atoms with Crippen LogP contribution in [0.5, 0.6) is 0 Å². The number of nitrogens with zero attached hydrogens (tertiary/aromatic N) is 2. The minimum atomic E-state index is -0.730. The van der Waals surface area contributed by atoms with Crippen molar-refractivity contribution in [2.75, 3.05) is 53.1 Å². The molecule has 2 heterocycles. The first kappa shape index (κ1) is 15.7. The van der Waals surface area contributed by atoms with Crippen LogP contribution in [-0.2, 0) is 14.3 Å². The summed E-state index contributed by atoms with van der Waals surface area (Å²) in [6.45, 7) is 6.15. The lowest BCUT2D eigenvalue weighted by molar-refractivity contribution is -0.142. The quantitative estimate of drug-likeness (QED) is 0.769. The fraction of sp³-hybridized carbons (Fsp3) is 0.929. The van der Waals surface area contributed by atoms with Gasteiger partial charge in [0, 0.05) is 45.7 Å². The monoisotopic (exact) mass is 286 g/mol. The van der Waals surface area contributed by atoms with Crippen LogP contribution in [-0.4, -0.2) is 85.6 Å². The second kappa shape index (κ2) is 6.85. The highest BCUT2D eigenvalue weighted by atomic mass is 16.5. The Morgan fingerprint density at radius 3 is 2.40 bits per heavy atom. The number of morpholine rings is 1. The van der Waals surface area contributed by atoms with Crippen LogP contribution in [0.2, 0.25) is 0 Å². The molecule has 2 saturated heterocycles. The molecule has 2 fully saturated rings. The van der Waals surface area contributed by atoms with Crippen molar-refractivity contribution in [2.45, 2.75) is 31.4 Å². The summed E-state index contributed by atoms with van der Waals surface area (Å²) < 4.78 is 10.5. The lowest BCUT2D eigenvalue weighted by atomic mass is 9.93. The Morgan fingerprint density at radius 2 is 1.80 bits per heavy atom. The molecule has 1 amide bonds. The number of hydrogen-bond donors (Lipinski definition) is 1. The molecule has 0 bridgehead atoms. The van der Waals surface area contributed by atoms with Gasteiger partial charge in [0.15, 0.2) is 0 Å². The highest BCUT2D eigenvalue weighted by Gasteiger charge is 2.34. The first-order valence-electron chi connectivity index (χ1n) is 7.39. The van der Waals surface area contributed by atoms with Crippen molar-refractivity contribution >= 4 is 5.91 Å². The average Bonchev–Trinajstić information content (AvgIpc) is 2.47. The zero-order valence-electron chi connectivity index (χ0n) is 12.5. The molecular formula is C14H26N2O4. The van der Waals surface area contributed by atoms with Crippen LogP contribution < -0.4 is 0 Å². The third-order valence-electron chi connectivity index (χ3n) is 4.31. The number of likely N-dealkylation sites (N-methyl/N-ethyl adjacent to an activating group) is 1. The van der Waals surface area contributed by atoms with Crippen LogP contribution in [0.3, 0.4) is 0 Å². The van der Waals surface area contributed by atoms with Crippen molar-refractivity contribution in [3.63, 3.8) is 0 Å². The van der Waals surface area contributed by atoms with Gasteiger partial charge < -0.3 is 19.5 Å². The smallest absolute Gasteiger partial charge is 0.239 e. The topological polar surface area (TPSA) is 62.2 Å². The number of hydrogen-bond acceptors (Lipinski definition) is 5. The molecule has 0 spiro atoms. The fourth-order valence-electron chi connectivity index (χ4n) is 2.75. The highest BCUT2D eigenvalue weighted by Crippen LogP contribution is 2.22. The molecule has 0 aromatic heterocycles. The highest BCUT2D eigenvalue weighted by molar-refractivity contribution is 5.81. The number of amides is 1. The van der Waals surface area contributed by atoms with Crippen molar-refractivity contribution in [1.82, 2.24) is 9.80 Å². The molecule has 116 valence electrons. The van der Waals surface area contributed by atoms with E-state index in [1.807, 2.05) is 23.8 Å². The molecule has 0 radical (unpaired) electrons. The summed E-state index contributed by atoms with van der Waals surface area (Å²) >= 11 is 0. The van der Waals surface area contributed by atoms with Crippen molar-refractivity contribution in [3.8, 4) is 0 Å². The van der Waals surface area contributed by atoms with Gasteiger partial charge in [-0.15, -0.1) is 0 Å². The van der Waals surface area contributed by atoms with Crippen molar-refractivity contribution in [2.24, 2.45) is 0 Å². The van der Waals surface area contributed by atoms with Gasteiger partial charge in [-0.3, -0.25) is 9.69 Å². The molecule has 6 heteroatoms. The normalized spacial score (nSPS) is 24.7. The summed E-state index contributed by atoms with van der Waals surface area (Å²) in [6.07, 6.45) is 1.27. The largest absolute Gasteiger partial charge is 0.388 e. The summed E-state index contributed by atoms with van der Waals surface area (Å²) in [4.78, 5) is 16.2. The van der Waals surface area contributed by atoms with Gasteiger partial charge in [0.1, 0.15) is 0 Å². The van der Waals surface area contributed by atoms with Gasteiger partial charge in [-0.1, -0.05) is 0 Å². The van der Waals surface area contributed by atoms with E-state index in [-0.39, 0.29) is 11.9 Å². The molecule has 0 aromatic rings. The van der Waals surface area contributed by atoms with E-state index in [2.05, 4.69) is 0 Å². The van der Waals surface area contributed by atoms with E-state index in [1.54, 1.807) is 0 Å². The summed E-state index contributed by atoms with van der Waals surface area (Å²) in [5, 5.41) is 10.5. The summed E-state index contributed by atoms with van der Waals surface area (Å²) in [5.74, 6) is 0.117. The lowest BCUT2D eigenvalue weighted by Gasteiger charge is -2.38. The fourth-order valence-corrected chi connectivity index (χ4v) is 2.75. The first-order valence-corrected chi connectivity index (χ1v) is 7.39. The van der Waals surface area contributed by atoms with E-state index >= 15 is 0 Å². The molecule has 2 aliphatic heterocycles. The maximum absolute atomic E-state index is 12.4. The van der Waals surface area contributed by atoms with Gasteiger partial charge in [-0.25, -0.2) is 0 Å². The van der Waals surface area contributed by atoms with Gasteiger partial charge in [-0.2, -0.15) is 0 Å². The summed E-state index contributed by atoms with van der Waals surface area (Å²) in [6, 6.07) is -0.222. The molecular weight excluding hydrogens is 260 g/mol. The van der Waals surface area contributed by atoms with E-state index in [1.165, 1.54) is 0 Å². The molecule has 1 atom stereocenters. The van der Waals surface area contributed by atoms with Gasteiger partial charge in [-0.05, 0) is 14.0 Å². The Morgan fingerprint density at radius 1 is 1.25 bits per heavy atom. The standard InChI is InChI=1S/C14H26N2O4/c1-12(13(17)16-5-9-20-10-6-16)15(2)11-14(18)3-7-19-8-4-14/h12,18H,3-11H2,1-2H3. The van der Waals surface area contributed by atoms with Crippen molar-refractivity contribution in [3.05, 3.63) is 0 Å². The molecule has 0 aromatic carbocycles. The van der Waals surface area contributed by atoms with Crippen LogP contribution in [0.4, 0.5) is 0 Å². The SMILES string of the molecule is CC(C(=O)N1CCOCC1)N(C)CC1(O)CCOCC1. The zero-order valence-corrected chi connectivity index (χ0v) is 12.5. The Bertz CT molecular complexity index is 325. The predicted molar refractivity (Wildman–Crippen MR) is 74.5 cm³/mol. The predicted octanol–water partition coefficient (Wildman–Crippen LogP) is -0.293. The Hall–Kier alpha value is -0.690. The molecule has 0 aliphatic carbocycles. The Kier molecular flexibility index (Phi) is 5.37. The van der Waals surface area contributed by atoms with E-state index in [0.717, 1.165) is 0 Å². The number of rotatable bonds is 4. The number of aliphatic hydroxyl groups is 1. The lowest BCUT2D eigenvalue weighted by Crippen LogP contribution is -2.54. The van der Waals surface area contributed by atoms with Crippen LogP contribution in [0.15, 0.2) is 0 Å². The maximum atomic E-state index is 12.4. The second-order valence-corrected chi connectivity index (χ2v) is 5.87. The van der Waals surface area contributed by atoms with E-state index in [4.69, 9.17) is 9.47 Å². The average molecular weight is 286 g/mol. The third-order valence-corrected chi connectivity index (χ3v) is 4.31. The van der Waals surface area contributed by atoms with Crippen molar-refractivity contribution < 1.29 is 19.4 Å². The summed E-state index contributed by atoms with van der Waals surface area (Å²) in [5.41, 5.74) is -0.730. The number of carbonyl (C=O) groups excluding carboxylic acids is 1. The van der Waals surface area contributed by atoms with E-state index < -0.39 is 5.60 Å². The maximum Gasteiger partial charge on any atom is 0.239 e. The van der Waals surface area contributed by atoms with Gasteiger partial charge in [0.2, 0.25) is 5.91 Å². The molecule has 20 heavy (non-hydrogen) atoms. The van der Waals surface area contributed by atoms with Crippen LogP contribution in [0.25, 0.3) is 0 Å². The van der Waals surface area contributed by atoms with Crippen LogP contribution in [0, 0.1) is 0 Å². The molecule has 6 nitrogen and oxygen atoms in total.